The fourth-order valence-corrected chi connectivity index (χ4v) is 4.07. The predicted octanol–water partition coefficient (Wildman–Crippen LogP) is 3.51. The number of hydrogen-bond donors (Lipinski definition) is 0. The highest BCUT2D eigenvalue weighted by molar-refractivity contribution is 8.01. The van der Waals surface area contributed by atoms with Crippen LogP contribution in [0.15, 0.2) is 44.8 Å². The summed E-state index contributed by atoms with van der Waals surface area (Å²) in [5.74, 6) is 0. The Morgan fingerprint density at radius 2 is 2.08 bits per heavy atom. The summed E-state index contributed by atoms with van der Waals surface area (Å²) >= 11 is 2.50. The molecule has 124 valence electrons. The van der Waals surface area contributed by atoms with Gasteiger partial charge in [-0.1, -0.05) is 26.8 Å². The van der Waals surface area contributed by atoms with Gasteiger partial charge in [0.15, 0.2) is 9.37 Å². The molecule has 0 amide bonds. The first-order valence-corrected chi connectivity index (χ1v) is 8.70. The average Bonchev–Trinajstić information content (AvgIpc) is 2.96. The first kappa shape index (κ1) is 16.6. The molecule has 0 atom stereocenters. The lowest BCUT2D eigenvalue weighted by molar-refractivity contribution is -0.389. The van der Waals surface area contributed by atoms with Crippen LogP contribution in [0.5, 0.6) is 0 Å². The number of aromatic nitrogens is 3. The second-order valence-corrected chi connectivity index (χ2v) is 8.37. The lowest BCUT2D eigenvalue weighted by Gasteiger charge is -2.14. The van der Waals surface area contributed by atoms with Gasteiger partial charge in [0.1, 0.15) is 5.65 Å². The molecule has 3 rings (SSSR count). The molecule has 0 saturated carbocycles. The van der Waals surface area contributed by atoms with Crippen LogP contribution in [0.3, 0.4) is 0 Å². The molecule has 0 saturated heterocycles. The fraction of sp³-hybridized carbons (Fsp3) is 0.267. The Morgan fingerprint density at radius 1 is 1.33 bits per heavy atom. The quantitative estimate of drug-likeness (QED) is 0.402. The van der Waals surface area contributed by atoms with E-state index in [1.54, 1.807) is 24.4 Å². The summed E-state index contributed by atoms with van der Waals surface area (Å²) in [4.78, 5) is 32.7. The molecule has 0 aliphatic heterocycles. The van der Waals surface area contributed by atoms with Gasteiger partial charge in [0.05, 0.1) is 4.92 Å². The predicted molar refractivity (Wildman–Crippen MR) is 93.1 cm³/mol. The Balaban J connectivity index is 2.12. The van der Waals surface area contributed by atoms with Crippen molar-refractivity contribution < 1.29 is 4.92 Å². The summed E-state index contributed by atoms with van der Waals surface area (Å²) in [6.07, 6.45) is 3.22. The van der Waals surface area contributed by atoms with Crippen LogP contribution >= 0.6 is 23.1 Å². The van der Waals surface area contributed by atoms with E-state index in [9.17, 15) is 14.9 Å². The highest BCUT2D eigenvalue weighted by Gasteiger charge is 2.26. The van der Waals surface area contributed by atoms with Gasteiger partial charge in [-0.15, -0.1) is 11.3 Å². The zero-order valence-corrected chi connectivity index (χ0v) is 14.8. The molecule has 0 spiro atoms. The van der Waals surface area contributed by atoms with Crippen molar-refractivity contribution in [3.8, 4) is 0 Å². The standard InChI is InChI=1S/C15H14N4O3S2/c1-15(2,3)9-8-16-14(23-9)24-12-11(19(21)22)13(20)18-7-5-4-6-10(18)17-12/h4-8H,1-3H3. The van der Waals surface area contributed by atoms with Crippen LogP contribution in [-0.2, 0) is 5.41 Å². The third kappa shape index (κ3) is 3.04. The summed E-state index contributed by atoms with van der Waals surface area (Å²) in [6, 6.07) is 4.99. The first-order chi connectivity index (χ1) is 11.3. The molecule has 0 fully saturated rings. The largest absolute Gasteiger partial charge is 0.366 e. The first-order valence-electron chi connectivity index (χ1n) is 7.07. The molecule has 0 aromatic carbocycles. The van der Waals surface area contributed by atoms with Crippen molar-refractivity contribution in [2.75, 3.05) is 0 Å². The Bertz CT molecular complexity index is 988. The van der Waals surface area contributed by atoms with Gasteiger partial charge in [-0.3, -0.25) is 19.3 Å². The SMILES string of the molecule is CC(C)(C)c1cnc(Sc2nc3ccccn3c(=O)c2[N+](=O)[O-])s1. The van der Waals surface area contributed by atoms with Gasteiger partial charge in [0.25, 0.3) is 0 Å². The van der Waals surface area contributed by atoms with E-state index in [4.69, 9.17) is 0 Å². The van der Waals surface area contributed by atoms with Crippen molar-refractivity contribution in [1.29, 1.82) is 0 Å². The average molecular weight is 362 g/mol. The molecular weight excluding hydrogens is 348 g/mol. The maximum absolute atomic E-state index is 12.4. The summed E-state index contributed by atoms with van der Waals surface area (Å²) in [7, 11) is 0. The van der Waals surface area contributed by atoms with Gasteiger partial charge in [-0.25, -0.2) is 9.97 Å². The summed E-state index contributed by atoms with van der Waals surface area (Å²) in [5.41, 5.74) is -0.918. The number of hydrogen-bond acceptors (Lipinski definition) is 7. The van der Waals surface area contributed by atoms with Crippen molar-refractivity contribution in [1.82, 2.24) is 14.4 Å². The van der Waals surface area contributed by atoms with Crippen LogP contribution in [0.25, 0.3) is 5.65 Å². The zero-order valence-electron chi connectivity index (χ0n) is 13.2. The molecule has 0 unspecified atom stereocenters. The van der Waals surface area contributed by atoms with Crippen molar-refractivity contribution in [2.45, 2.75) is 35.6 Å². The van der Waals surface area contributed by atoms with Crippen LogP contribution < -0.4 is 5.56 Å². The zero-order chi connectivity index (χ0) is 17.5. The molecule has 0 aliphatic carbocycles. The van der Waals surface area contributed by atoms with E-state index in [0.717, 1.165) is 16.6 Å². The number of nitro groups is 1. The van der Waals surface area contributed by atoms with E-state index < -0.39 is 16.2 Å². The number of nitrogens with zero attached hydrogens (tertiary/aromatic N) is 4. The van der Waals surface area contributed by atoms with Gasteiger partial charge in [-0.2, -0.15) is 0 Å². The van der Waals surface area contributed by atoms with E-state index in [1.807, 2.05) is 0 Å². The van der Waals surface area contributed by atoms with E-state index >= 15 is 0 Å². The monoisotopic (exact) mass is 362 g/mol. The maximum atomic E-state index is 12.4. The van der Waals surface area contributed by atoms with Crippen LogP contribution in [0.2, 0.25) is 0 Å². The summed E-state index contributed by atoms with van der Waals surface area (Å²) in [5, 5.41) is 11.4. The van der Waals surface area contributed by atoms with Gasteiger partial charge in [0, 0.05) is 17.3 Å². The number of fused-ring (bicyclic) bond motifs is 1. The number of thiazole rings is 1. The molecule has 24 heavy (non-hydrogen) atoms. The molecule has 3 aromatic rings. The van der Waals surface area contributed by atoms with Gasteiger partial charge < -0.3 is 0 Å². The van der Waals surface area contributed by atoms with E-state index in [-0.39, 0.29) is 10.4 Å². The molecule has 0 bridgehead atoms. The molecule has 3 aromatic heterocycles. The second-order valence-electron chi connectivity index (χ2n) is 6.10. The van der Waals surface area contributed by atoms with Gasteiger partial charge >= 0.3 is 11.2 Å². The van der Waals surface area contributed by atoms with Gasteiger partial charge in [-0.05, 0) is 29.3 Å². The topological polar surface area (TPSA) is 90.4 Å². The smallest absolute Gasteiger partial charge is 0.262 e. The lowest BCUT2D eigenvalue weighted by atomic mass is 9.96. The molecule has 7 nitrogen and oxygen atoms in total. The molecule has 9 heteroatoms. The summed E-state index contributed by atoms with van der Waals surface area (Å²) in [6.45, 7) is 6.20. The Hall–Kier alpha value is -2.26. The highest BCUT2D eigenvalue weighted by Crippen LogP contribution is 2.37. The molecule has 3 heterocycles. The van der Waals surface area contributed by atoms with Gasteiger partial charge in [0.2, 0.25) is 0 Å². The molecule has 0 N–H and O–H groups in total. The third-order valence-electron chi connectivity index (χ3n) is 3.27. The van der Waals surface area contributed by atoms with Crippen LogP contribution in [0.1, 0.15) is 25.6 Å². The Labute approximate surface area is 145 Å². The van der Waals surface area contributed by atoms with Crippen molar-refractivity contribution in [2.24, 2.45) is 0 Å². The van der Waals surface area contributed by atoms with E-state index in [0.29, 0.717) is 9.99 Å². The van der Waals surface area contributed by atoms with E-state index in [1.165, 1.54) is 21.9 Å². The maximum Gasteiger partial charge on any atom is 0.366 e. The molecule has 0 aliphatic rings. The minimum atomic E-state index is -0.694. The molecular formula is C15H14N4O3S2. The molecule has 0 radical (unpaired) electrons. The third-order valence-corrected chi connectivity index (χ3v) is 5.74. The van der Waals surface area contributed by atoms with Crippen molar-refractivity contribution in [3.63, 3.8) is 0 Å². The second kappa shape index (κ2) is 5.99. The van der Waals surface area contributed by atoms with Crippen LogP contribution in [-0.4, -0.2) is 19.3 Å². The summed E-state index contributed by atoms with van der Waals surface area (Å²) < 4.78 is 1.79. The lowest BCUT2D eigenvalue weighted by Crippen LogP contribution is -2.19. The Morgan fingerprint density at radius 3 is 2.71 bits per heavy atom. The Kier molecular flexibility index (Phi) is 4.14. The normalized spacial score (nSPS) is 11.8. The minimum absolute atomic E-state index is 0.0568. The van der Waals surface area contributed by atoms with E-state index in [2.05, 4.69) is 30.7 Å². The highest BCUT2D eigenvalue weighted by atomic mass is 32.2. The minimum Gasteiger partial charge on any atom is -0.262 e. The number of rotatable bonds is 3. The van der Waals surface area contributed by atoms with Crippen LogP contribution in [0, 0.1) is 10.1 Å². The van der Waals surface area contributed by atoms with Crippen molar-refractivity contribution >= 4 is 34.4 Å². The van der Waals surface area contributed by atoms with Crippen LogP contribution in [0.4, 0.5) is 5.69 Å². The number of pyridine rings is 1. The van der Waals surface area contributed by atoms with Crippen molar-refractivity contribution in [3.05, 3.63) is 55.9 Å². The fourth-order valence-electron chi connectivity index (χ4n) is 2.02.